The van der Waals surface area contributed by atoms with Crippen LogP contribution >= 0.6 is 0 Å². The zero-order valence-corrected chi connectivity index (χ0v) is 23.3. The van der Waals surface area contributed by atoms with Gasteiger partial charge in [0, 0.05) is 13.2 Å². The molecule has 0 heterocycles. The molecule has 2 nitrogen and oxygen atoms in total. The summed E-state index contributed by atoms with van der Waals surface area (Å²) >= 11 is 0. The summed E-state index contributed by atoms with van der Waals surface area (Å²) in [5.74, 6) is 0. The fraction of sp³-hybridized carbons (Fsp3) is 1.00. The minimum atomic E-state index is -1.93. The monoisotopic (exact) mass is 456 g/mol. The van der Waals surface area contributed by atoms with Crippen molar-refractivity contribution in [2.24, 2.45) is 0 Å². The summed E-state index contributed by atoms with van der Waals surface area (Å²) in [6.07, 6.45) is 28.3. The van der Waals surface area contributed by atoms with Gasteiger partial charge in [-0.2, -0.15) is 0 Å². The van der Waals surface area contributed by atoms with E-state index in [1.165, 1.54) is 141 Å². The second kappa shape index (κ2) is 24.8. The molecule has 0 aliphatic carbocycles. The van der Waals surface area contributed by atoms with Crippen molar-refractivity contribution in [2.45, 2.75) is 168 Å². The predicted octanol–water partition coefficient (Wildman–Crippen LogP) is 10.3. The van der Waals surface area contributed by atoms with Crippen molar-refractivity contribution < 1.29 is 8.85 Å². The lowest BCUT2D eigenvalue weighted by Gasteiger charge is -2.30. The molecule has 0 fully saturated rings. The smallest absolute Gasteiger partial charge is 0.338 e. The van der Waals surface area contributed by atoms with Crippen molar-refractivity contribution in [1.82, 2.24) is 0 Å². The van der Waals surface area contributed by atoms with Crippen LogP contribution in [-0.4, -0.2) is 21.8 Å². The van der Waals surface area contributed by atoms with Crippen molar-refractivity contribution >= 4 is 8.56 Å². The van der Waals surface area contributed by atoms with E-state index in [2.05, 4.69) is 27.7 Å². The van der Waals surface area contributed by atoms with Gasteiger partial charge in [-0.3, -0.25) is 0 Å². The van der Waals surface area contributed by atoms with Gasteiger partial charge in [-0.25, -0.2) is 0 Å². The molecule has 0 aromatic rings. The molecule has 0 atom stereocenters. The fourth-order valence-corrected chi connectivity index (χ4v) is 8.37. The van der Waals surface area contributed by atoms with E-state index in [9.17, 15) is 0 Å². The first-order valence-electron chi connectivity index (χ1n) is 14.5. The van der Waals surface area contributed by atoms with Gasteiger partial charge in [0.1, 0.15) is 0 Å². The van der Waals surface area contributed by atoms with Crippen LogP contribution in [0.5, 0.6) is 0 Å². The maximum atomic E-state index is 6.22. The van der Waals surface area contributed by atoms with Gasteiger partial charge in [0.15, 0.2) is 0 Å². The molecule has 0 radical (unpaired) electrons. The van der Waals surface area contributed by atoms with Gasteiger partial charge in [0.05, 0.1) is 0 Å². The highest BCUT2D eigenvalue weighted by Gasteiger charge is 2.35. The number of hydrogen-bond donors (Lipinski definition) is 0. The SMILES string of the molecule is CCCCCCCCCCCCCCCCCCCC[Si](CCCC)(OCC)OCC. The molecule has 3 heteroatoms. The molecule has 188 valence electrons. The highest BCUT2D eigenvalue weighted by Crippen LogP contribution is 2.25. The molecule has 0 N–H and O–H groups in total. The second-order valence-electron chi connectivity index (χ2n) is 9.64. The molecule has 0 aromatic heterocycles. The molecule has 0 unspecified atom stereocenters. The lowest BCUT2D eigenvalue weighted by Crippen LogP contribution is -2.42. The Bertz CT molecular complexity index is 329. The lowest BCUT2D eigenvalue weighted by molar-refractivity contribution is 0.180. The molecule has 0 bridgehead atoms. The van der Waals surface area contributed by atoms with Crippen LogP contribution in [0.4, 0.5) is 0 Å². The van der Waals surface area contributed by atoms with E-state index in [1.54, 1.807) is 0 Å². The van der Waals surface area contributed by atoms with E-state index in [0.717, 1.165) is 13.2 Å². The van der Waals surface area contributed by atoms with Crippen molar-refractivity contribution in [3.63, 3.8) is 0 Å². The van der Waals surface area contributed by atoms with Gasteiger partial charge >= 0.3 is 8.56 Å². The van der Waals surface area contributed by atoms with E-state index in [4.69, 9.17) is 8.85 Å². The van der Waals surface area contributed by atoms with Gasteiger partial charge in [0.25, 0.3) is 0 Å². The zero-order chi connectivity index (χ0) is 22.9. The van der Waals surface area contributed by atoms with Gasteiger partial charge < -0.3 is 8.85 Å². The third kappa shape index (κ3) is 20.5. The summed E-state index contributed by atoms with van der Waals surface area (Å²) in [7, 11) is -1.93. The molecule has 0 spiro atoms. The third-order valence-electron chi connectivity index (χ3n) is 6.64. The van der Waals surface area contributed by atoms with Crippen LogP contribution in [0.15, 0.2) is 0 Å². The Morgan fingerprint density at radius 3 is 0.968 bits per heavy atom. The van der Waals surface area contributed by atoms with E-state index < -0.39 is 8.56 Å². The fourth-order valence-electron chi connectivity index (χ4n) is 4.72. The van der Waals surface area contributed by atoms with Crippen LogP contribution in [0.3, 0.4) is 0 Å². The predicted molar refractivity (Wildman–Crippen MR) is 142 cm³/mol. The van der Waals surface area contributed by atoms with Crippen molar-refractivity contribution in [2.75, 3.05) is 13.2 Å². The maximum Gasteiger partial charge on any atom is 0.338 e. The molecule has 0 saturated heterocycles. The highest BCUT2D eigenvalue weighted by atomic mass is 28.4. The molecule has 0 amide bonds. The second-order valence-corrected chi connectivity index (χ2v) is 13.0. The van der Waals surface area contributed by atoms with E-state index in [1.807, 2.05) is 0 Å². The Kier molecular flexibility index (Phi) is 24.9. The summed E-state index contributed by atoms with van der Waals surface area (Å²) in [6, 6.07) is 2.39. The van der Waals surface area contributed by atoms with Gasteiger partial charge in [0.2, 0.25) is 0 Å². The molecule has 0 aliphatic heterocycles. The lowest BCUT2D eigenvalue weighted by atomic mass is 10.0. The summed E-state index contributed by atoms with van der Waals surface area (Å²) in [5, 5.41) is 0. The van der Waals surface area contributed by atoms with Crippen molar-refractivity contribution in [3.8, 4) is 0 Å². The molecule has 0 rings (SSSR count). The summed E-state index contributed by atoms with van der Waals surface area (Å²) in [4.78, 5) is 0. The largest absolute Gasteiger partial charge is 0.394 e. The van der Waals surface area contributed by atoms with Crippen LogP contribution in [0, 0.1) is 0 Å². The Hall–Kier alpha value is 0.137. The van der Waals surface area contributed by atoms with Crippen molar-refractivity contribution in [1.29, 1.82) is 0 Å². The van der Waals surface area contributed by atoms with Crippen molar-refractivity contribution in [3.05, 3.63) is 0 Å². The average Bonchev–Trinajstić information content (AvgIpc) is 2.77. The Balaban J connectivity index is 3.48. The van der Waals surface area contributed by atoms with E-state index in [-0.39, 0.29) is 0 Å². The molecule has 0 saturated carbocycles. The number of unbranched alkanes of at least 4 members (excludes halogenated alkanes) is 18. The summed E-state index contributed by atoms with van der Waals surface area (Å²) in [5.41, 5.74) is 0. The molecular formula is C28H60O2Si. The minimum Gasteiger partial charge on any atom is -0.394 e. The molecular weight excluding hydrogens is 396 g/mol. The first-order chi connectivity index (χ1) is 15.2. The molecule has 0 aliphatic rings. The summed E-state index contributed by atoms with van der Waals surface area (Å²) in [6.45, 7) is 10.5. The zero-order valence-electron chi connectivity index (χ0n) is 22.3. The first kappa shape index (κ1) is 31.1. The standard InChI is InChI=1S/C28H60O2Si/c1-5-9-11-12-13-14-15-16-17-18-19-20-21-22-23-24-25-26-28-31(29-7-3,30-8-4)27-10-6-2/h5-28H2,1-4H3. The molecule has 31 heavy (non-hydrogen) atoms. The number of rotatable bonds is 26. The summed E-state index contributed by atoms with van der Waals surface area (Å²) < 4.78 is 12.4. The van der Waals surface area contributed by atoms with E-state index in [0.29, 0.717) is 0 Å². The minimum absolute atomic E-state index is 0.814. The third-order valence-corrected chi connectivity index (χ3v) is 10.5. The molecule has 0 aromatic carbocycles. The van der Waals surface area contributed by atoms with Crippen LogP contribution < -0.4 is 0 Å². The Morgan fingerprint density at radius 1 is 0.355 bits per heavy atom. The van der Waals surface area contributed by atoms with Crippen LogP contribution in [0.1, 0.15) is 156 Å². The van der Waals surface area contributed by atoms with Crippen LogP contribution in [0.25, 0.3) is 0 Å². The normalized spacial score (nSPS) is 12.0. The van der Waals surface area contributed by atoms with Gasteiger partial charge in [-0.15, -0.1) is 0 Å². The van der Waals surface area contributed by atoms with Crippen LogP contribution in [0.2, 0.25) is 12.1 Å². The topological polar surface area (TPSA) is 18.5 Å². The Labute approximate surface area is 198 Å². The average molecular weight is 457 g/mol. The maximum absolute atomic E-state index is 6.22. The Morgan fingerprint density at radius 2 is 0.645 bits per heavy atom. The quantitative estimate of drug-likeness (QED) is 0.0951. The van der Waals surface area contributed by atoms with Gasteiger partial charge in [-0.1, -0.05) is 142 Å². The highest BCUT2D eigenvalue weighted by molar-refractivity contribution is 6.67. The van der Waals surface area contributed by atoms with Crippen LogP contribution in [-0.2, 0) is 8.85 Å². The first-order valence-corrected chi connectivity index (χ1v) is 16.8. The number of hydrogen-bond acceptors (Lipinski definition) is 2. The van der Waals surface area contributed by atoms with Gasteiger partial charge in [-0.05, 0) is 25.9 Å². The van der Waals surface area contributed by atoms with E-state index >= 15 is 0 Å².